The van der Waals surface area contributed by atoms with Crippen LogP contribution >= 0.6 is 11.3 Å². The van der Waals surface area contributed by atoms with Gasteiger partial charge in [0.05, 0.1) is 44.2 Å². The van der Waals surface area contributed by atoms with E-state index < -0.39 is 5.97 Å². The van der Waals surface area contributed by atoms with Gasteiger partial charge in [-0.25, -0.2) is 9.99 Å². The van der Waals surface area contributed by atoms with Gasteiger partial charge in [0.2, 0.25) is 5.91 Å². The highest BCUT2D eigenvalue weighted by Crippen LogP contribution is 2.39. The molecule has 4 rings (SSSR count). The van der Waals surface area contributed by atoms with Gasteiger partial charge < -0.3 is 14.2 Å². The van der Waals surface area contributed by atoms with Crippen molar-refractivity contribution >= 4 is 28.9 Å². The van der Waals surface area contributed by atoms with Crippen LogP contribution in [0.2, 0.25) is 0 Å². The van der Waals surface area contributed by atoms with Crippen LogP contribution in [0.5, 0.6) is 11.5 Å². The maximum Gasteiger partial charge on any atom is 0.306 e. The standard InChI is InChI=1S/C25H25N3O5S/c1-31-21-10-6-9-19(24(21)32-2)25-26-18(16-34-25)15-33-23(30)12-11-22(29)28-14-13-20(27-28)17-7-4-3-5-8-17/h3-10,16H,11-15H2,1-2H3. The zero-order valence-electron chi connectivity index (χ0n) is 19.0. The van der Waals surface area contributed by atoms with Gasteiger partial charge in [0.15, 0.2) is 11.5 Å². The number of carbonyl (C=O) groups excluding carboxylic acids is 2. The lowest BCUT2D eigenvalue weighted by molar-refractivity contribution is -0.147. The van der Waals surface area contributed by atoms with E-state index in [1.165, 1.54) is 16.3 Å². The molecule has 2 aromatic carbocycles. The minimum atomic E-state index is -0.451. The SMILES string of the molecule is COc1cccc(-c2nc(COC(=O)CCC(=O)N3CCC(c4ccccc4)=N3)cs2)c1OC. The summed E-state index contributed by atoms with van der Waals surface area (Å²) in [5.74, 6) is 0.574. The van der Waals surface area contributed by atoms with Crippen molar-refractivity contribution in [2.45, 2.75) is 25.9 Å². The second-order valence-electron chi connectivity index (χ2n) is 7.53. The van der Waals surface area contributed by atoms with Crippen molar-refractivity contribution in [1.29, 1.82) is 0 Å². The molecule has 176 valence electrons. The summed E-state index contributed by atoms with van der Waals surface area (Å²) in [5.41, 5.74) is 3.31. The first-order chi connectivity index (χ1) is 16.6. The number of hydrazone groups is 1. The summed E-state index contributed by atoms with van der Waals surface area (Å²) >= 11 is 1.42. The lowest BCUT2D eigenvalue weighted by Gasteiger charge is -2.11. The second-order valence-corrected chi connectivity index (χ2v) is 8.38. The van der Waals surface area contributed by atoms with Gasteiger partial charge in [-0.3, -0.25) is 9.59 Å². The average Bonchev–Trinajstić information content (AvgIpc) is 3.56. The number of ether oxygens (including phenoxy) is 3. The number of aromatic nitrogens is 1. The van der Waals surface area contributed by atoms with E-state index in [2.05, 4.69) is 10.1 Å². The Kier molecular flexibility index (Phi) is 7.54. The van der Waals surface area contributed by atoms with Crippen LogP contribution in [0.25, 0.3) is 10.6 Å². The topological polar surface area (TPSA) is 90.3 Å². The molecular weight excluding hydrogens is 454 g/mol. The van der Waals surface area contributed by atoms with Crippen LogP contribution in [0.3, 0.4) is 0 Å². The zero-order chi connectivity index (χ0) is 23.9. The predicted molar refractivity (Wildman–Crippen MR) is 129 cm³/mol. The van der Waals surface area contributed by atoms with E-state index in [0.717, 1.165) is 21.8 Å². The molecule has 0 bridgehead atoms. The van der Waals surface area contributed by atoms with Crippen LogP contribution in [0.4, 0.5) is 0 Å². The molecule has 0 unspecified atom stereocenters. The van der Waals surface area contributed by atoms with Crippen LogP contribution in [0.15, 0.2) is 59.0 Å². The van der Waals surface area contributed by atoms with E-state index >= 15 is 0 Å². The summed E-state index contributed by atoms with van der Waals surface area (Å²) in [4.78, 5) is 29.2. The van der Waals surface area contributed by atoms with Crippen LogP contribution in [-0.4, -0.2) is 48.3 Å². The van der Waals surface area contributed by atoms with E-state index in [0.29, 0.717) is 30.2 Å². The summed E-state index contributed by atoms with van der Waals surface area (Å²) in [5, 5.41) is 8.41. The number of para-hydroxylation sites is 1. The molecule has 0 atom stereocenters. The quantitative estimate of drug-likeness (QED) is 0.426. The van der Waals surface area contributed by atoms with Crippen molar-refractivity contribution in [3.8, 4) is 22.1 Å². The smallest absolute Gasteiger partial charge is 0.306 e. The molecule has 0 aliphatic carbocycles. The highest BCUT2D eigenvalue weighted by molar-refractivity contribution is 7.13. The number of nitrogens with zero attached hydrogens (tertiary/aromatic N) is 3. The van der Waals surface area contributed by atoms with E-state index in [1.807, 2.05) is 53.9 Å². The molecule has 1 aliphatic heterocycles. The molecule has 34 heavy (non-hydrogen) atoms. The summed E-state index contributed by atoms with van der Waals surface area (Å²) in [6.45, 7) is 0.559. The molecule has 0 fully saturated rings. The van der Waals surface area contributed by atoms with Crippen molar-refractivity contribution in [3.05, 3.63) is 65.2 Å². The van der Waals surface area contributed by atoms with Crippen molar-refractivity contribution in [2.24, 2.45) is 5.10 Å². The fourth-order valence-electron chi connectivity index (χ4n) is 3.59. The molecule has 8 nitrogen and oxygen atoms in total. The molecule has 2 heterocycles. The maximum atomic E-state index is 12.5. The van der Waals surface area contributed by atoms with Crippen LogP contribution in [0.1, 0.15) is 30.5 Å². The van der Waals surface area contributed by atoms with Gasteiger partial charge in [0.25, 0.3) is 0 Å². The van der Waals surface area contributed by atoms with Crippen molar-refractivity contribution in [1.82, 2.24) is 9.99 Å². The lowest BCUT2D eigenvalue weighted by Crippen LogP contribution is -2.24. The Morgan fingerprint density at radius 3 is 2.62 bits per heavy atom. The maximum absolute atomic E-state index is 12.5. The number of esters is 1. The van der Waals surface area contributed by atoms with Gasteiger partial charge in [0, 0.05) is 18.2 Å². The summed E-state index contributed by atoms with van der Waals surface area (Å²) in [6, 6.07) is 15.3. The molecule has 0 spiro atoms. The Morgan fingerprint density at radius 2 is 1.85 bits per heavy atom. The minimum absolute atomic E-state index is 0.00771. The average molecular weight is 480 g/mol. The number of amides is 1. The van der Waals surface area contributed by atoms with Gasteiger partial charge in [-0.15, -0.1) is 11.3 Å². The number of methoxy groups -OCH3 is 2. The van der Waals surface area contributed by atoms with Crippen molar-refractivity contribution in [2.75, 3.05) is 20.8 Å². The van der Waals surface area contributed by atoms with Crippen LogP contribution in [0, 0.1) is 0 Å². The summed E-state index contributed by atoms with van der Waals surface area (Å²) < 4.78 is 16.1. The molecule has 3 aromatic rings. The third-order valence-electron chi connectivity index (χ3n) is 5.31. The third kappa shape index (κ3) is 5.43. The molecule has 1 amide bonds. The van der Waals surface area contributed by atoms with E-state index in [1.54, 1.807) is 14.2 Å². The Hall–Kier alpha value is -3.72. The Labute approximate surface area is 201 Å². The normalized spacial score (nSPS) is 12.9. The number of thiazole rings is 1. The number of carbonyl (C=O) groups is 2. The molecule has 9 heteroatoms. The monoisotopic (exact) mass is 479 g/mol. The van der Waals surface area contributed by atoms with Crippen LogP contribution < -0.4 is 9.47 Å². The molecule has 0 saturated carbocycles. The zero-order valence-corrected chi connectivity index (χ0v) is 19.8. The second kappa shape index (κ2) is 10.9. The highest BCUT2D eigenvalue weighted by atomic mass is 32.1. The highest BCUT2D eigenvalue weighted by Gasteiger charge is 2.22. The van der Waals surface area contributed by atoms with Crippen molar-refractivity contribution < 1.29 is 23.8 Å². The van der Waals surface area contributed by atoms with Gasteiger partial charge in [-0.05, 0) is 17.7 Å². The number of hydrogen-bond acceptors (Lipinski definition) is 8. The predicted octanol–water partition coefficient (Wildman–Crippen LogP) is 4.29. The number of benzene rings is 2. The molecular formula is C25H25N3O5S. The lowest BCUT2D eigenvalue weighted by atomic mass is 10.1. The van der Waals surface area contributed by atoms with Gasteiger partial charge >= 0.3 is 5.97 Å². The summed E-state index contributed by atoms with van der Waals surface area (Å²) in [7, 11) is 3.16. The largest absolute Gasteiger partial charge is 0.493 e. The van der Waals surface area contributed by atoms with Gasteiger partial charge in [-0.1, -0.05) is 36.4 Å². The first-order valence-corrected chi connectivity index (χ1v) is 11.7. The first-order valence-electron chi connectivity index (χ1n) is 10.8. The molecule has 0 saturated heterocycles. The minimum Gasteiger partial charge on any atom is -0.493 e. The third-order valence-corrected chi connectivity index (χ3v) is 6.23. The first kappa shape index (κ1) is 23.4. The Balaban J connectivity index is 1.27. The molecule has 0 N–H and O–H groups in total. The Bertz CT molecular complexity index is 1190. The van der Waals surface area contributed by atoms with E-state index in [4.69, 9.17) is 14.2 Å². The van der Waals surface area contributed by atoms with Crippen LogP contribution in [-0.2, 0) is 20.9 Å². The molecule has 1 aromatic heterocycles. The summed E-state index contributed by atoms with van der Waals surface area (Å²) in [6.07, 6.45) is 0.740. The number of hydrogen-bond donors (Lipinski definition) is 0. The number of rotatable bonds is 9. The van der Waals surface area contributed by atoms with E-state index in [-0.39, 0.29) is 25.4 Å². The fraction of sp³-hybridized carbons (Fsp3) is 0.280. The van der Waals surface area contributed by atoms with Gasteiger partial charge in [0.1, 0.15) is 11.6 Å². The molecule has 1 aliphatic rings. The fourth-order valence-corrected chi connectivity index (χ4v) is 4.41. The van der Waals surface area contributed by atoms with E-state index in [9.17, 15) is 9.59 Å². The Morgan fingerprint density at radius 1 is 1.03 bits per heavy atom. The van der Waals surface area contributed by atoms with Crippen molar-refractivity contribution in [3.63, 3.8) is 0 Å². The molecule has 0 radical (unpaired) electrons. The van der Waals surface area contributed by atoms with Gasteiger partial charge in [-0.2, -0.15) is 5.10 Å².